The van der Waals surface area contributed by atoms with Gasteiger partial charge in [-0.15, -0.1) is 10.2 Å². The Bertz CT molecular complexity index is 667. The molecule has 8 heteroatoms. The molecule has 1 amide bonds. The molecule has 2 aliphatic rings. The van der Waals surface area contributed by atoms with Gasteiger partial charge in [-0.3, -0.25) is 9.59 Å². The van der Waals surface area contributed by atoms with Gasteiger partial charge in [0.15, 0.2) is 0 Å². The molecule has 2 fully saturated rings. The molecule has 1 aromatic heterocycles. The Labute approximate surface area is 177 Å². The Morgan fingerprint density at radius 3 is 2.55 bits per heavy atom. The van der Waals surface area contributed by atoms with Gasteiger partial charge in [-0.2, -0.15) is 0 Å². The molecule has 1 aliphatic heterocycles. The number of rotatable bonds is 10. The summed E-state index contributed by atoms with van der Waals surface area (Å²) in [7, 11) is 0. The maximum Gasteiger partial charge on any atom is 0.286 e. The fraction of sp³-hybridized carbons (Fsp3) is 0.810. The molecular weight excluding hydrogens is 388 g/mol. The summed E-state index contributed by atoms with van der Waals surface area (Å²) in [5.41, 5.74) is 0. The Morgan fingerprint density at radius 1 is 1.14 bits per heavy atom. The van der Waals surface area contributed by atoms with E-state index in [1.807, 2.05) is 13.8 Å². The Morgan fingerprint density at radius 2 is 1.86 bits per heavy atom. The number of carbonyl (C=O) groups is 2. The third-order valence-electron chi connectivity index (χ3n) is 5.77. The van der Waals surface area contributed by atoms with E-state index < -0.39 is 6.04 Å². The van der Waals surface area contributed by atoms with Crippen molar-refractivity contribution in [3.63, 3.8) is 0 Å². The van der Waals surface area contributed by atoms with Gasteiger partial charge in [-0.25, -0.2) is 0 Å². The average molecular weight is 423 g/mol. The number of nitrogens with one attached hydrogen (secondary N) is 1. The molecule has 1 aliphatic carbocycles. The van der Waals surface area contributed by atoms with Gasteiger partial charge in [-0.1, -0.05) is 44.9 Å². The van der Waals surface area contributed by atoms with Crippen molar-refractivity contribution < 1.29 is 14.0 Å². The maximum absolute atomic E-state index is 13.0. The highest BCUT2D eigenvalue weighted by atomic mass is 32.2. The largest absolute Gasteiger partial charge is 0.408 e. The second-order valence-electron chi connectivity index (χ2n) is 8.66. The molecule has 162 valence electrons. The van der Waals surface area contributed by atoms with Crippen LogP contribution in [0.3, 0.4) is 0 Å². The van der Waals surface area contributed by atoms with E-state index in [0.29, 0.717) is 11.6 Å². The molecule has 1 unspecified atom stereocenters. The topological polar surface area (TPSA) is 88.3 Å². The van der Waals surface area contributed by atoms with E-state index in [1.165, 1.54) is 31.0 Å². The first-order valence-corrected chi connectivity index (χ1v) is 12.0. The zero-order chi connectivity index (χ0) is 20.6. The number of ketones is 1. The molecule has 1 atom stereocenters. The summed E-state index contributed by atoms with van der Waals surface area (Å²) in [6, 6.07) is -0.604. The number of amides is 1. The molecule has 1 saturated carbocycles. The molecule has 0 spiro atoms. The molecule has 0 radical (unpaired) electrons. The van der Waals surface area contributed by atoms with E-state index in [-0.39, 0.29) is 29.4 Å². The predicted molar refractivity (Wildman–Crippen MR) is 113 cm³/mol. The van der Waals surface area contributed by atoms with Crippen LogP contribution in [0.5, 0.6) is 0 Å². The minimum absolute atomic E-state index is 0.00302. The minimum Gasteiger partial charge on any atom is -0.408 e. The minimum atomic E-state index is -0.604. The van der Waals surface area contributed by atoms with Gasteiger partial charge in [0.25, 0.3) is 11.1 Å². The summed E-state index contributed by atoms with van der Waals surface area (Å²) >= 11 is 1.49. The number of Topliss-reactive ketones (excluding diaryl/α,β-unsaturated/α-hetero) is 1. The standard InChI is InChI=1S/C21H34N4O3S/c1-15(2)14-17(22-19(27)16-8-4-3-5-9-16)18(26)20-23-24-21(28-20)29-13-12-25-10-6-7-11-25/h15-17H,3-14H2,1-2H3,(H,22,27). The second-order valence-corrected chi connectivity index (χ2v) is 9.71. The van der Waals surface area contributed by atoms with Crippen LogP contribution < -0.4 is 5.32 Å². The lowest BCUT2D eigenvalue weighted by atomic mass is 9.88. The molecule has 1 N–H and O–H groups in total. The number of nitrogens with zero attached hydrogens (tertiary/aromatic N) is 3. The summed E-state index contributed by atoms with van der Waals surface area (Å²) in [6.07, 6.45) is 8.29. The Kier molecular flexibility index (Phi) is 8.53. The molecule has 1 saturated heterocycles. The van der Waals surface area contributed by atoms with Crippen LogP contribution in [0.15, 0.2) is 9.64 Å². The smallest absolute Gasteiger partial charge is 0.286 e. The predicted octanol–water partition coefficient (Wildman–Crippen LogP) is 3.55. The highest BCUT2D eigenvalue weighted by Crippen LogP contribution is 2.24. The van der Waals surface area contributed by atoms with Crippen LogP contribution in [0.4, 0.5) is 0 Å². The van der Waals surface area contributed by atoms with E-state index >= 15 is 0 Å². The number of hydrogen-bond acceptors (Lipinski definition) is 7. The molecule has 2 heterocycles. The quantitative estimate of drug-likeness (QED) is 0.456. The van der Waals surface area contributed by atoms with Crippen molar-refractivity contribution in [2.75, 3.05) is 25.4 Å². The number of aromatic nitrogens is 2. The second kappa shape index (κ2) is 11.1. The van der Waals surface area contributed by atoms with Gasteiger partial charge in [0.1, 0.15) is 0 Å². The highest BCUT2D eigenvalue weighted by molar-refractivity contribution is 7.99. The Hall–Kier alpha value is -1.41. The highest BCUT2D eigenvalue weighted by Gasteiger charge is 2.30. The van der Waals surface area contributed by atoms with Crippen LogP contribution in [-0.2, 0) is 4.79 Å². The molecule has 0 aromatic carbocycles. The number of carbonyl (C=O) groups excluding carboxylic acids is 2. The van der Waals surface area contributed by atoms with Gasteiger partial charge >= 0.3 is 0 Å². The zero-order valence-corrected chi connectivity index (χ0v) is 18.5. The SMILES string of the molecule is CC(C)CC(NC(=O)C1CCCCC1)C(=O)c1nnc(SCCN2CCCC2)o1. The number of likely N-dealkylation sites (tertiary alicyclic amines) is 1. The summed E-state index contributed by atoms with van der Waals surface area (Å²) in [5.74, 6) is 0.871. The van der Waals surface area contributed by atoms with Crippen molar-refractivity contribution in [2.24, 2.45) is 11.8 Å². The normalized spacial score (nSPS) is 19.6. The van der Waals surface area contributed by atoms with Crippen LogP contribution in [0, 0.1) is 11.8 Å². The third-order valence-corrected chi connectivity index (χ3v) is 6.56. The monoisotopic (exact) mass is 422 g/mol. The van der Waals surface area contributed by atoms with Crippen LogP contribution >= 0.6 is 11.8 Å². The van der Waals surface area contributed by atoms with Gasteiger partial charge in [0.2, 0.25) is 11.7 Å². The molecular formula is C21H34N4O3S. The molecule has 7 nitrogen and oxygen atoms in total. The van der Waals surface area contributed by atoms with Crippen LogP contribution in [0.1, 0.15) is 75.9 Å². The lowest BCUT2D eigenvalue weighted by molar-refractivity contribution is -0.126. The lowest BCUT2D eigenvalue weighted by Gasteiger charge is -2.24. The molecule has 29 heavy (non-hydrogen) atoms. The molecule has 1 aromatic rings. The first-order valence-electron chi connectivity index (χ1n) is 11.1. The summed E-state index contributed by atoms with van der Waals surface area (Å²) in [4.78, 5) is 28.1. The first-order chi connectivity index (χ1) is 14.0. The third kappa shape index (κ3) is 6.81. The van der Waals surface area contributed by atoms with E-state index in [2.05, 4.69) is 20.4 Å². The van der Waals surface area contributed by atoms with Gasteiger partial charge in [-0.05, 0) is 51.1 Å². The summed E-state index contributed by atoms with van der Waals surface area (Å²) in [5, 5.41) is 11.4. The fourth-order valence-electron chi connectivity index (χ4n) is 4.14. The summed E-state index contributed by atoms with van der Waals surface area (Å²) in [6.45, 7) is 7.39. The average Bonchev–Trinajstić information content (AvgIpc) is 3.39. The van der Waals surface area contributed by atoms with E-state index in [9.17, 15) is 9.59 Å². The lowest BCUT2D eigenvalue weighted by Crippen LogP contribution is -2.45. The first kappa shape index (κ1) is 22.3. The Balaban J connectivity index is 1.55. The maximum atomic E-state index is 13.0. The zero-order valence-electron chi connectivity index (χ0n) is 17.7. The van der Waals surface area contributed by atoms with E-state index in [0.717, 1.165) is 51.1 Å². The van der Waals surface area contributed by atoms with Crippen molar-refractivity contribution >= 4 is 23.5 Å². The molecule has 0 bridgehead atoms. The summed E-state index contributed by atoms with van der Waals surface area (Å²) < 4.78 is 5.62. The van der Waals surface area contributed by atoms with Crippen molar-refractivity contribution in [3.8, 4) is 0 Å². The van der Waals surface area contributed by atoms with Gasteiger partial charge in [0.05, 0.1) is 6.04 Å². The number of hydrogen-bond donors (Lipinski definition) is 1. The van der Waals surface area contributed by atoms with Crippen molar-refractivity contribution in [2.45, 2.75) is 76.5 Å². The van der Waals surface area contributed by atoms with Crippen LogP contribution in [0.25, 0.3) is 0 Å². The van der Waals surface area contributed by atoms with Gasteiger partial charge in [0, 0.05) is 18.2 Å². The number of thioether (sulfide) groups is 1. The molecule has 3 rings (SSSR count). The van der Waals surface area contributed by atoms with Crippen molar-refractivity contribution in [1.29, 1.82) is 0 Å². The van der Waals surface area contributed by atoms with E-state index in [4.69, 9.17) is 4.42 Å². The fourth-order valence-corrected chi connectivity index (χ4v) is 4.90. The van der Waals surface area contributed by atoms with Gasteiger partial charge < -0.3 is 14.6 Å². The van der Waals surface area contributed by atoms with E-state index in [1.54, 1.807) is 0 Å². The van der Waals surface area contributed by atoms with Crippen molar-refractivity contribution in [3.05, 3.63) is 5.89 Å². The van der Waals surface area contributed by atoms with Crippen LogP contribution in [-0.4, -0.2) is 58.2 Å². The van der Waals surface area contributed by atoms with Crippen LogP contribution in [0.2, 0.25) is 0 Å². The van der Waals surface area contributed by atoms with Crippen molar-refractivity contribution in [1.82, 2.24) is 20.4 Å².